The largest absolute Gasteiger partial charge is 0.310 e. The normalized spacial score (nSPS) is 12.2. The molecule has 0 amide bonds. The Balaban J connectivity index is 1.04. The first-order valence-corrected chi connectivity index (χ1v) is 21.3. The highest BCUT2D eigenvalue weighted by Gasteiger charge is 2.25. The Morgan fingerprint density at radius 1 is 0.226 bits per heavy atom. The molecule has 4 heteroatoms. The lowest BCUT2D eigenvalue weighted by Gasteiger charge is -2.29. The van der Waals surface area contributed by atoms with Gasteiger partial charge < -0.3 is 18.6 Å². The van der Waals surface area contributed by atoms with Crippen molar-refractivity contribution in [1.82, 2.24) is 8.80 Å². The zero-order valence-electron chi connectivity index (χ0n) is 33.6. The zero-order valence-corrected chi connectivity index (χ0v) is 33.6. The highest BCUT2D eigenvalue weighted by atomic mass is 15.2. The van der Waals surface area contributed by atoms with E-state index in [1.165, 1.54) is 87.0 Å². The molecule has 0 N–H and O–H groups in total. The summed E-state index contributed by atoms with van der Waals surface area (Å²) in [5.41, 5.74) is 14.1. The lowest BCUT2D eigenvalue weighted by molar-refractivity contribution is 1.26. The molecule has 0 spiro atoms. The molecule has 4 aromatic heterocycles. The summed E-state index contributed by atoms with van der Waals surface area (Å²) < 4.78 is 4.92. The molecule has 0 radical (unpaired) electrons. The first-order chi connectivity index (χ1) is 30.8. The lowest BCUT2D eigenvalue weighted by Crippen LogP contribution is -2.12. The Hall–Kier alpha value is -8.34. The van der Waals surface area contributed by atoms with E-state index in [1.54, 1.807) is 0 Å². The van der Waals surface area contributed by atoms with E-state index in [-0.39, 0.29) is 0 Å². The van der Waals surface area contributed by atoms with Crippen LogP contribution in [0.1, 0.15) is 0 Å². The third-order valence-electron chi connectivity index (χ3n) is 13.3. The van der Waals surface area contributed by atoms with Crippen LogP contribution in [0.25, 0.3) is 87.0 Å². The van der Waals surface area contributed by atoms with E-state index in [4.69, 9.17) is 0 Å². The van der Waals surface area contributed by atoms with Crippen LogP contribution >= 0.6 is 0 Å². The van der Waals surface area contributed by atoms with E-state index < -0.39 is 0 Å². The highest BCUT2D eigenvalue weighted by molar-refractivity contribution is 6.26. The number of hydrogen-bond donors (Lipinski definition) is 0. The van der Waals surface area contributed by atoms with E-state index in [9.17, 15) is 0 Å². The fourth-order valence-corrected chi connectivity index (χ4v) is 10.7. The van der Waals surface area contributed by atoms with Gasteiger partial charge in [-0.05, 0) is 108 Å². The first-order valence-electron chi connectivity index (χ1n) is 21.3. The van der Waals surface area contributed by atoms with Crippen LogP contribution in [0.5, 0.6) is 0 Å². The lowest BCUT2D eigenvalue weighted by atomic mass is 10.0. The first kappa shape index (κ1) is 33.5. The van der Waals surface area contributed by atoms with Crippen LogP contribution in [0, 0.1) is 0 Å². The summed E-state index contributed by atoms with van der Waals surface area (Å²) in [5.74, 6) is 0. The molecular weight excluding hydrogens is 753 g/mol. The average Bonchev–Trinajstić information content (AvgIpc) is 4.06. The van der Waals surface area contributed by atoms with Crippen LogP contribution in [0.4, 0.5) is 34.1 Å². The maximum atomic E-state index is 2.48. The number of hydrogen-bond acceptors (Lipinski definition) is 2. The molecule has 0 aliphatic rings. The average molecular weight is 789 g/mol. The number of aromatic nitrogens is 2. The van der Waals surface area contributed by atoms with Gasteiger partial charge in [0.15, 0.2) is 0 Å². The smallest absolute Gasteiger partial charge is 0.0622 e. The summed E-state index contributed by atoms with van der Waals surface area (Å²) >= 11 is 0. The molecule has 62 heavy (non-hydrogen) atoms. The molecule has 0 unspecified atom stereocenters. The second kappa shape index (κ2) is 12.6. The van der Waals surface area contributed by atoms with Gasteiger partial charge in [0.25, 0.3) is 0 Å². The standard InChI is InChI=1S/C58H36N4/c1-2-16-39(17-3-1)59(42-27-26-37-14-4-5-15-38(37)32-42)40-28-30-41(31-29-40)60(43-33-49-45-18-6-10-22-53(45)61-54-23-11-7-19-46(54)50(34-43)57(49)61)44-35-51-47-20-8-12-24-55(47)62-56-25-13-9-21-48(56)52(36-44)58(51)62/h1-36H. The second-order valence-corrected chi connectivity index (χ2v) is 16.6. The molecule has 14 rings (SSSR count). The predicted octanol–water partition coefficient (Wildman–Crippen LogP) is 16.1. The van der Waals surface area contributed by atoms with Crippen molar-refractivity contribution in [3.05, 3.63) is 218 Å². The van der Waals surface area contributed by atoms with E-state index >= 15 is 0 Å². The van der Waals surface area contributed by atoms with Crippen molar-refractivity contribution >= 4 is 121 Å². The van der Waals surface area contributed by atoms with Crippen LogP contribution in [-0.4, -0.2) is 8.80 Å². The topological polar surface area (TPSA) is 15.3 Å². The van der Waals surface area contributed by atoms with Crippen LogP contribution < -0.4 is 9.80 Å². The van der Waals surface area contributed by atoms with Crippen LogP contribution in [-0.2, 0) is 0 Å². The second-order valence-electron chi connectivity index (χ2n) is 16.6. The number of para-hydroxylation sites is 5. The number of rotatable bonds is 6. The molecule has 0 saturated heterocycles. The summed E-state index contributed by atoms with van der Waals surface area (Å²) in [4.78, 5) is 4.84. The monoisotopic (exact) mass is 788 g/mol. The number of benzene rings is 10. The van der Waals surface area contributed by atoms with Gasteiger partial charge >= 0.3 is 0 Å². The fourth-order valence-electron chi connectivity index (χ4n) is 10.7. The maximum Gasteiger partial charge on any atom is 0.0622 e. The van der Waals surface area contributed by atoms with Crippen LogP contribution in [0.15, 0.2) is 218 Å². The molecule has 0 atom stereocenters. The van der Waals surface area contributed by atoms with Gasteiger partial charge in [0.1, 0.15) is 0 Å². The minimum atomic E-state index is 1.09. The van der Waals surface area contributed by atoms with Crippen molar-refractivity contribution in [2.75, 3.05) is 9.80 Å². The highest BCUT2D eigenvalue weighted by Crippen LogP contribution is 2.48. The number of fused-ring (bicyclic) bond motifs is 13. The minimum Gasteiger partial charge on any atom is -0.310 e. The summed E-state index contributed by atoms with van der Waals surface area (Å²) in [6.45, 7) is 0. The molecule has 4 nitrogen and oxygen atoms in total. The quantitative estimate of drug-likeness (QED) is 0.167. The summed E-state index contributed by atoms with van der Waals surface area (Å²) in [7, 11) is 0. The third kappa shape index (κ3) is 4.61. The van der Waals surface area contributed by atoms with Crippen molar-refractivity contribution in [1.29, 1.82) is 0 Å². The Morgan fingerprint density at radius 2 is 0.565 bits per heavy atom. The third-order valence-corrected chi connectivity index (χ3v) is 13.3. The summed E-state index contributed by atoms with van der Waals surface area (Å²) in [6.07, 6.45) is 0. The van der Waals surface area contributed by atoms with E-state index in [1.807, 2.05) is 0 Å². The van der Waals surface area contributed by atoms with Gasteiger partial charge in [0, 0.05) is 77.2 Å². The number of nitrogens with zero attached hydrogens (tertiary/aromatic N) is 4. The Bertz CT molecular complexity index is 3700. The number of anilines is 6. The van der Waals surface area contributed by atoms with Crippen molar-refractivity contribution in [3.63, 3.8) is 0 Å². The molecule has 14 aromatic rings. The molecule has 0 fully saturated rings. The Labute approximate surface area is 356 Å². The molecule has 0 saturated carbocycles. The van der Waals surface area contributed by atoms with E-state index in [2.05, 4.69) is 237 Å². The molecule has 0 aliphatic carbocycles. The van der Waals surface area contributed by atoms with Gasteiger partial charge in [-0.25, -0.2) is 0 Å². The molecule has 288 valence electrons. The predicted molar refractivity (Wildman–Crippen MR) is 263 cm³/mol. The molecule has 0 bridgehead atoms. The zero-order chi connectivity index (χ0) is 40.5. The molecule has 4 heterocycles. The van der Waals surface area contributed by atoms with E-state index in [0.717, 1.165) is 34.1 Å². The van der Waals surface area contributed by atoms with Gasteiger partial charge in [-0.2, -0.15) is 0 Å². The van der Waals surface area contributed by atoms with Crippen LogP contribution in [0.2, 0.25) is 0 Å². The van der Waals surface area contributed by atoms with Gasteiger partial charge in [-0.15, -0.1) is 0 Å². The fraction of sp³-hybridized carbons (Fsp3) is 0. The van der Waals surface area contributed by atoms with Crippen molar-refractivity contribution in [2.45, 2.75) is 0 Å². The summed E-state index contributed by atoms with van der Waals surface area (Å²) in [6, 6.07) is 80.3. The van der Waals surface area contributed by atoms with Crippen molar-refractivity contribution in [3.8, 4) is 0 Å². The minimum absolute atomic E-state index is 1.09. The van der Waals surface area contributed by atoms with Crippen molar-refractivity contribution in [2.24, 2.45) is 0 Å². The maximum absolute atomic E-state index is 2.48. The molecular formula is C58H36N4. The van der Waals surface area contributed by atoms with Crippen LogP contribution in [0.3, 0.4) is 0 Å². The van der Waals surface area contributed by atoms with Gasteiger partial charge in [0.05, 0.1) is 33.1 Å². The Kier molecular flexibility index (Phi) is 6.80. The molecule has 0 aliphatic heterocycles. The summed E-state index contributed by atoms with van der Waals surface area (Å²) in [5, 5.41) is 12.5. The SMILES string of the molecule is c1ccc(N(c2ccc(N(c3cc4c5ccccc5n5c6ccccc6c(c3)c45)c3cc4c5ccccc5n5c6ccccc6c(c3)c45)cc2)c2ccc3ccccc3c2)cc1. The Morgan fingerprint density at radius 3 is 1.02 bits per heavy atom. The van der Waals surface area contributed by atoms with Gasteiger partial charge in [-0.3, -0.25) is 0 Å². The molecule has 10 aromatic carbocycles. The van der Waals surface area contributed by atoms with Gasteiger partial charge in [0.2, 0.25) is 0 Å². The van der Waals surface area contributed by atoms with Gasteiger partial charge in [-0.1, -0.05) is 121 Å². The van der Waals surface area contributed by atoms with E-state index in [0.29, 0.717) is 0 Å². The van der Waals surface area contributed by atoms with Crippen molar-refractivity contribution < 1.29 is 0 Å².